The van der Waals surface area contributed by atoms with E-state index in [2.05, 4.69) is 29.1 Å². The number of rotatable bonds is 6. The van der Waals surface area contributed by atoms with Gasteiger partial charge < -0.3 is 5.32 Å². The highest BCUT2D eigenvalue weighted by molar-refractivity contribution is 5.01. The van der Waals surface area contributed by atoms with E-state index in [-0.39, 0.29) is 0 Å². The van der Waals surface area contributed by atoms with Crippen LogP contribution in [0.1, 0.15) is 38.2 Å². The van der Waals surface area contributed by atoms with Crippen molar-refractivity contribution in [2.45, 2.75) is 39.7 Å². The number of aromatic nitrogens is 2. The smallest absolute Gasteiger partial charge is 0.128 e. The van der Waals surface area contributed by atoms with Crippen molar-refractivity contribution in [2.24, 2.45) is 0 Å². The van der Waals surface area contributed by atoms with Crippen molar-refractivity contribution in [3.05, 3.63) is 23.8 Å². The molecule has 0 atom stereocenters. The number of hydrogen-bond acceptors (Lipinski definition) is 3. The molecule has 0 aliphatic carbocycles. The van der Waals surface area contributed by atoms with Crippen molar-refractivity contribution >= 4 is 0 Å². The molecule has 1 N–H and O–H groups in total. The molecule has 3 heteroatoms. The first-order valence-electron chi connectivity index (χ1n) is 5.38. The lowest BCUT2D eigenvalue weighted by Gasteiger charge is -2.03. The normalized spacial score (nSPS) is 10.4. The Balaban J connectivity index is 2.34. The number of nitrogens with zero attached hydrogens (tertiary/aromatic N) is 2. The summed E-state index contributed by atoms with van der Waals surface area (Å²) in [5, 5.41) is 3.36. The SMILES string of the molecule is CCCCNCc1ccnc(CC)n1. The molecule has 3 nitrogen and oxygen atoms in total. The Kier molecular flexibility index (Phi) is 5.15. The summed E-state index contributed by atoms with van der Waals surface area (Å²) >= 11 is 0. The fraction of sp³-hybridized carbons (Fsp3) is 0.636. The van der Waals surface area contributed by atoms with Crippen LogP contribution >= 0.6 is 0 Å². The predicted molar refractivity (Wildman–Crippen MR) is 58.0 cm³/mol. The van der Waals surface area contributed by atoms with Crippen molar-refractivity contribution in [1.29, 1.82) is 0 Å². The Morgan fingerprint density at radius 1 is 1.36 bits per heavy atom. The van der Waals surface area contributed by atoms with Crippen LogP contribution in [0.25, 0.3) is 0 Å². The van der Waals surface area contributed by atoms with Gasteiger partial charge in [0, 0.05) is 19.2 Å². The molecule has 1 heterocycles. The Bertz CT molecular complexity index is 260. The number of aryl methyl sites for hydroxylation is 1. The molecule has 0 saturated heterocycles. The van der Waals surface area contributed by atoms with Gasteiger partial charge in [-0.15, -0.1) is 0 Å². The molecule has 14 heavy (non-hydrogen) atoms. The van der Waals surface area contributed by atoms with Gasteiger partial charge in [0.2, 0.25) is 0 Å². The number of unbranched alkanes of at least 4 members (excludes halogenated alkanes) is 1. The lowest BCUT2D eigenvalue weighted by atomic mass is 10.3. The summed E-state index contributed by atoms with van der Waals surface area (Å²) < 4.78 is 0. The molecule has 1 aromatic rings. The van der Waals surface area contributed by atoms with E-state index in [0.717, 1.165) is 31.0 Å². The molecule has 1 aromatic heterocycles. The zero-order chi connectivity index (χ0) is 10.2. The van der Waals surface area contributed by atoms with Crippen molar-refractivity contribution in [1.82, 2.24) is 15.3 Å². The van der Waals surface area contributed by atoms with Crippen LogP contribution in [-0.4, -0.2) is 16.5 Å². The second-order valence-corrected chi connectivity index (χ2v) is 3.35. The zero-order valence-electron chi connectivity index (χ0n) is 9.08. The lowest BCUT2D eigenvalue weighted by molar-refractivity contribution is 0.630. The van der Waals surface area contributed by atoms with Crippen LogP contribution in [0.15, 0.2) is 12.3 Å². The third kappa shape index (κ3) is 3.83. The van der Waals surface area contributed by atoms with Gasteiger partial charge in [0.25, 0.3) is 0 Å². The average molecular weight is 193 g/mol. The van der Waals surface area contributed by atoms with Crippen LogP contribution in [0.2, 0.25) is 0 Å². The summed E-state index contributed by atoms with van der Waals surface area (Å²) in [6, 6.07) is 1.97. The molecule has 78 valence electrons. The molecule has 1 rings (SSSR count). The van der Waals surface area contributed by atoms with E-state index in [1.54, 1.807) is 0 Å². The molecule has 0 radical (unpaired) electrons. The van der Waals surface area contributed by atoms with Crippen LogP contribution in [-0.2, 0) is 13.0 Å². The number of hydrogen-bond donors (Lipinski definition) is 1. The van der Waals surface area contributed by atoms with Gasteiger partial charge >= 0.3 is 0 Å². The highest BCUT2D eigenvalue weighted by Gasteiger charge is 1.96. The maximum Gasteiger partial charge on any atom is 0.128 e. The summed E-state index contributed by atoms with van der Waals surface area (Å²) in [7, 11) is 0. The molecule has 0 aliphatic heterocycles. The maximum atomic E-state index is 4.42. The zero-order valence-corrected chi connectivity index (χ0v) is 9.08. The fourth-order valence-electron chi connectivity index (χ4n) is 1.23. The fourth-order valence-corrected chi connectivity index (χ4v) is 1.23. The van der Waals surface area contributed by atoms with Crippen LogP contribution in [0.5, 0.6) is 0 Å². The predicted octanol–water partition coefficient (Wildman–Crippen LogP) is 1.93. The maximum absolute atomic E-state index is 4.42. The largest absolute Gasteiger partial charge is 0.311 e. The summed E-state index contributed by atoms with van der Waals surface area (Å²) in [6.07, 6.45) is 5.20. The molecule has 0 saturated carbocycles. The summed E-state index contributed by atoms with van der Waals surface area (Å²) in [5.74, 6) is 0.930. The van der Waals surface area contributed by atoms with E-state index in [4.69, 9.17) is 0 Å². The Labute approximate surface area is 86.0 Å². The van der Waals surface area contributed by atoms with Gasteiger partial charge in [-0.25, -0.2) is 9.97 Å². The van der Waals surface area contributed by atoms with E-state index in [9.17, 15) is 0 Å². The van der Waals surface area contributed by atoms with Gasteiger partial charge in [0.05, 0.1) is 5.69 Å². The third-order valence-corrected chi connectivity index (χ3v) is 2.09. The van der Waals surface area contributed by atoms with Gasteiger partial charge in [-0.05, 0) is 19.0 Å². The van der Waals surface area contributed by atoms with Crippen molar-refractivity contribution in [3.63, 3.8) is 0 Å². The first kappa shape index (κ1) is 11.1. The standard InChI is InChI=1S/C11H19N3/c1-3-5-7-12-9-10-6-8-13-11(4-2)14-10/h6,8,12H,3-5,7,9H2,1-2H3. The van der Waals surface area contributed by atoms with Crippen LogP contribution in [0, 0.1) is 0 Å². The minimum absolute atomic E-state index is 0.857. The second-order valence-electron chi connectivity index (χ2n) is 3.35. The van der Waals surface area contributed by atoms with Gasteiger partial charge in [0.1, 0.15) is 5.82 Å². The minimum atomic E-state index is 0.857. The topological polar surface area (TPSA) is 37.8 Å². The summed E-state index contributed by atoms with van der Waals surface area (Å²) in [4.78, 5) is 8.58. The van der Waals surface area contributed by atoms with Gasteiger partial charge in [-0.3, -0.25) is 0 Å². The van der Waals surface area contributed by atoms with E-state index >= 15 is 0 Å². The summed E-state index contributed by atoms with van der Waals surface area (Å²) in [6.45, 7) is 6.20. The molecule has 0 spiro atoms. The van der Waals surface area contributed by atoms with E-state index < -0.39 is 0 Å². The van der Waals surface area contributed by atoms with Gasteiger partial charge in [-0.2, -0.15) is 0 Å². The summed E-state index contributed by atoms with van der Waals surface area (Å²) in [5.41, 5.74) is 1.09. The molecular formula is C11H19N3. The highest BCUT2D eigenvalue weighted by Crippen LogP contribution is 1.96. The third-order valence-electron chi connectivity index (χ3n) is 2.09. The molecule has 0 amide bonds. The average Bonchev–Trinajstić information content (AvgIpc) is 2.25. The van der Waals surface area contributed by atoms with E-state index in [1.807, 2.05) is 12.3 Å². The number of nitrogens with one attached hydrogen (secondary N) is 1. The first-order chi connectivity index (χ1) is 6.86. The molecule has 0 unspecified atom stereocenters. The van der Waals surface area contributed by atoms with E-state index in [0.29, 0.717) is 0 Å². The highest BCUT2D eigenvalue weighted by atomic mass is 14.9. The van der Waals surface area contributed by atoms with E-state index in [1.165, 1.54) is 12.8 Å². The van der Waals surface area contributed by atoms with Gasteiger partial charge in [0.15, 0.2) is 0 Å². The van der Waals surface area contributed by atoms with Crippen molar-refractivity contribution in [2.75, 3.05) is 6.54 Å². The monoisotopic (exact) mass is 193 g/mol. The lowest BCUT2D eigenvalue weighted by Crippen LogP contribution is -2.15. The molecular weight excluding hydrogens is 174 g/mol. The Hall–Kier alpha value is -0.960. The molecule has 0 aliphatic rings. The Morgan fingerprint density at radius 2 is 2.21 bits per heavy atom. The molecule has 0 bridgehead atoms. The second kappa shape index (κ2) is 6.49. The first-order valence-corrected chi connectivity index (χ1v) is 5.38. The quantitative estimate of drug-likeness (QED) is 0.701. The van der Waals surface area contributed by atoms with Crippen LogP contribution < -0.4 is 5.32 Å². The minimum Gasteiger partial charge on any atom is -0.311 e. The van der Waals surface area contributed by atoms with Crippen LogP contribution in [0.4, 0.5) is 0 Å². The molecule has 0 aromatic carbocycles. The molecule has 0 fully saturated rings. The Morgan fingerprint density at radius 3 is 2.93 bits per heavy atom. The van der Waals surface area contributed by atoms with Crippen LogP contribution in [0.3, 0.4) is 0 Å². The van der Waals surface area contributed by atoms with Gasteiger partial charge in [-0.1, -0.05) is 20.3 Å². The van der Waals surface area contributed by atoms with Crippen molar-refractivity contribution < 1.29 is 0 Å². The van der Waals surface area contributed by atoms with Crippen molar-refractivity contribution in [3.8, 4) is 0 Å².